The van der Waals surface area contributed by atoms with Gasteiger partial charge in [-0.1, -0.05) is 6.07 Å². The number of aliphatic hydroxyl groups excluding tert-OH is 2. The number of thiol groups is 1. The summed E-state index contributed by atoms with van der Waals surface area (Å²) in [5.74, 6) is 0.503. The Balaban J connectivity index is 2.38. The Morgan fingerprint density at radius 1 is 1.28 bits per heavy atom. The second-order valence-electron chi connectivity index (χ2n) is 4.17. The van der Waals surface area contributed by atoms with E-state index in [2.05, 4.69) is 17.6 Å². The highest BCUT2D eigenvalue weighted by Gasteiger charge is 2.17. The van der Waals surface area contributed by atoms with Crippen LogP contribution in [0.3, 0.4) is 0 Å². The van der Waals surface area contributed by atoms with Gasteiger partial charge in [0.2, 0.25) is 0 Å². The van der Waals surface area contributed by atoms with Crippen molar-refractivity contribution >= 4 is 23.5 Å². The number of H-pyrrole nitrogens is 1. The Kier molecular flexibility index (Phi) is 4.06. The molecule has 2 unspecified atom stereocenters. The third kappa shape index (κ3) is 2.58. The van der Waals surface area contributed by atoms with Gasteiger partial charge in [-0.15, -0.1) is 0 Å². The second-order valence-corrected chi connectivity index (χ2v) is 4.62. The Labute approximate surface area is 110 Å². The zero-order chi connectivity index (χ0) is 13.1. The van der Waals surface area contributed by atoms with Crippen molar-refractivity contribution in [1.82, 2.24) is 4.98 Å². The maximum atomic E-state index is 11.6. The molecular formula is C13H15NO3S. The quantitative estimate of drug-likeness (QED) is 0.629. The molecule has 1 aromatic carbocycles. The molecule has 0 aliphatic rings. The average molecular weight is 265 g/mol. The van der Waals surface area contributed by atoms with Crippen LogP contribution in [0.25, 0.3) is 10.9 Å². The van der Waals surface area contributed by atoms with Crippen LogP contribution in [0.1, 0.15) is 18.1 Å². The zero-order valence-electron chi connectivity index (χ0n) is 9.71. The number of hydrogen-bond acceptors (Lipinski definition) is 4. The predicted octanol–water partition coefficient (Wildman–Crippen LogP) is 1.24. The molecular weight excluding hydrogens is 250 g/mol. The first-order valence-corrected chi connectivity index (χ1v) is 6.35. The highest BCUT2D eigenvalue weighted by molar-refractivity contribution is 7.80. The van der Waals surface area contributed by atoms with Gasteiger partial charge in [0.1, 0.15) is 6.10 Å². The summed E-state index contributed by atoms with van der Waals surface area (Å²) in [7, 11) is 0. The molecule has 4 nitrogen and oxygen atoms in total. The third-order valence-corrected chi connectivity index (χ3v) is 3.17. The number of aliphatic hydroxyl groups is 2. The fourth-order valence-corrected chi connectivity index (χ4v) is 2.15. The van der Waals surface area contributed by atoms with E-state index in [1.54, 1.807) is 24.4 Å². The van der Waals surface area contributed by atoms with Gasteiger partial charge in [-0.05, 0) is 29.9 Å². The lowest BCUT2D eigenvalue weighted by atomic mass is 10.0. The lowest BCUT2D eigenvalue weighted by Gasteiger charge is -2.17. The van der Waals surface area contributed by atoms with E-state index in [4.69, 9.17) is 0 Å². The molecule has 96 valence electrons. The predicted molar refractivity (Wildman–Crippen MR) is 74.0 cm³/mol. The molecule has 0 aliphatic heterocycles. The molecule has 18 heavy (non-hydrogen) atoms. The van der Waals surface area contributed by atoms with Gasteiger partial charge in [0.25, 0.3) is 0 Å². The molecule has 0 amide bonds. The van der Waals surface area contributed by atoms with Crippen LogP contribution in [0.2, 0.25) is 0 Å². The van der Waals surface area contributed by atoms with E-state index in [0.29, 0.717) is 28.6 Å². The van der Waals surface area contributed by atoms with Crippen LogP contribution in [0, 0.1) is 0 Å². The first kappa shape index (κ1) is 13.1. The summed E-state index contributed by atoms with van der Waals surface area (Å²) in [6, 6.07) is 6.45. The summed E-state index contributed by atoms with van der Waals surface area (Å²) >= 11 is 4.02. The third-order valence-electron chi connectivity index (χ3n) is 2.91. The van der Waals surface area contributed by atoms with Gasteiger partial charge < -0.3 is 15.2 Å². The van der Waals surface area contributed by atoms with Crippen molar-refractivity contribution in [2.24, 2.45) is 0 Å². The van der Waals surface area contributed by atoms with Gasteiger partial charge in [0, 0.05) is 23.2 Å². The molecule has 3 N–H and O–H groups in total. The molecule has 0 saturated heterocycles. The van der Waals surface area contributed by atoms with E-state index in [1.165, 1.54) is 6.07 Å². The van der Waals surface area contributed by atoms with Crippen molar-refractivity contribution in [3.63, 3.8) is 0 Å². The van der Waals surface area contributed by atoms with E-state index >= 15 is 0 Å². The van der Waals surface area contributed by atoms with Gasteiger partial charge in [-0.3, -0.25) is 4.79 Å². The Morgan fingerprint density at radius 3 is 2.78 bits per heavy atom. The number of benzene rings is 1. The highest BCUT2D eigenvalue weighted by Crippen LogP contribution is 2.21. The molecule has 1 aromatic heterocycles. The van der Waals surface area contributed by atoms with Crippen molar-refractivity contribution in [2.75, 3.05) is 5.75 Å². The van der Waals surface area contributed by atoms with Crippen molar-refractivity contribution in [1.29, 1.82) is 0 Å². The fraction of sp³-hybridized carbons (Fsp3) is 0.308. The zero-order valence-corrected chi connectivity index (χ0v) is 10.6. The van der Waals surface area contributed by atoms with E-state index < -0.39 is 12.2 Å². The maximum absolute atomic E-state index is 11.6. The van der Waals surface area contributed by atoms with Gasteiger partial charge >= 0.3 is 0 Å². The van der Waals surface area contributed by atoms with Crippen LogP contribution in [0.5, 0.6) is 0 Å². The molecule has 0 fully saturated rings. The van der Waals surface area contributed by atoms with E-state index in [1.807, 2.05) is 0 Å². The lowest BCUT2D eigenvalue weighted by molar-refractivity contribution is 0.0173. The number of aromatic amines is 1. The molecule has 0 bridgehead atoms. The summed E-state index contributed by atoms with van der Waals surface area (Å²) in [4.78, 5) is 14.5. The van der Waals surface area contributed by atoms with Crippen LogP contribution < -0.4 is 5.43 Å². The number of hydrogen-bond donors (Lipinski definition) is 4. The maximum Gasteiger partial charge on any atom is 0.189 e. The van der Waals surface area contributed by atoms with Crippen LogP contribution >= 0.6 is 12.6 Å². The van der Waals surface area contributed by atoms with Crippen molar-refractivity contribution in [3.8, 4) is 0 Å². The largest absolute Gasteiger partial charge is 0.390 e. The number of aromatic nitrogens is 1. The molecule has 0 aliphatic carbocycles. The van der Waals surface area contributed by atoms with Gasteiger partial charge in [0.15, 0.2) is 5.43 Å². The van der Waals surface area contributed by atoms with Crippen molar-refractivity contribution in [3.05, 3.63) is 46.2 Å². The number of rotatable bonds is 4. The molecule has 2 atom stereocenters. The standard InChI is InChI=1S/C13H15NO3S/c15-11-3-5-14-10-7-8(1-2-9(10)11)13(17)12(16)4-6-18/h1-3,5,7,12-13,16-18H,4,6H2,(H,14,15). The normalized spacial score (nSPS) is 14.6. The molecule has 0 radical (unpaired) electrons. The lowest BCUT2D eigenvalue weighted by Crippen LogP contribution is -2.18. The minimum atomic E-state index is -0.967. The minimum absolute atomic E-state index is 0.0688. The molecule has 0 spiro atoms. The molecule has 0 saturated carbocycles. The fourth-order valence-electron chi connectivity index (χ4n) is 1.89. The summed E-state index contributed by atoms with van der Waals surface area (Å²) in [5, 5.41) is 20.3. The van der Waals surface area contributed by atoms with Crippen molar-refractivity contribution < 1.29 is 10.2 Å². The average Bonchev–Trinajstić information content (AvgIpc) is 2.38. The molecule has 2 aromatic rings. The number of nitrogens with one attached hydrogen (secondary N) is 1. The topological polar surface area (TPSA) is 73.3 Å². The van der Waals surface area contributed by atoms with Crippen LogP contribution in [-0.4, -0.2) is 27.1 Å². The van der Waals surface area contributed by atoms with Gasteiger partial charge in [0.05, 0.1) is 6.10 Å². The summed E-state index contributed by atoms with van der Waals surface area (Å²) in [5.41, 5.74) is 1.16. The van der Waals surface area contributed by atoms with Gasteiger partial charge in [-0.25, -0.2) is 0 Å². The highest BCUT2D eigenvalue weighted by atomic mass is 32.1. The summed E-state index contributed by atoms with van der Waals surface area (Å²) in [6.07, 6.45) is 0.152. The molecule has 2 rings (SSSR count). The summed E-state index contributed by atoms with van der Waals surface area (Å²) in [6.45, 7) is 0. The first-order valence-electron chi connectivity index (χ1n) is 5.72. The van der Waals surface area contributed by atoms with Gasteiger partial charge in [-0.2, -0.15) is 12.6 Å². The van der Waals surface area contributed by atoms with Crippen LogP contribution in [0.4, 0.5) is 0 Å². The van der Waals surface area contributed by atoms with E-state index in [9.17, 15) is 15.0 Å². The first-order chi connectivity index (χ1) is 8.63. The molecule has 1 heterocycles. The van der Waals surface area contributed by atoms with E-state index in [0.717, 1.165) is 0 Å². The number of fused-ring (bicyclic) bond motifs is 1. The SMILES string of the molecule is O=c1cc[nH]c2cc(C(O)C(O)CCS)ccc12. The van der Waals surface area contributed by atoms with Crippen molar-refractivity contribution in [2.45, 2.75) is 18.6 Å². The van der Waals surface area contributed by atoms with E-state index in [-0.39, 0.29) is 5.43 Å². The second kappa shape index (κ2) is 5.56. The summed E-state index contributed by atoms with van der Waals surface area (Å²) < 4.78 is 0. The van der Waals surface area contributed by atoms with Crippen LogP contribution in [-0.2, 0) is 0 Å². The Bertz CT molecular complexity index is 596. The Hall–Kier alpha value is -1.30. The minimum Gasteiger partial charge on any atom is -0.390 e. The Morgan fingerprint density at radius 2 is 2.06 bits per heavy atom. The number of pyridine rings is 1. The monoisotopic (exact) mass is 265 g/mol. The van der Waals surface area contributed by atoms with Crippen LogP contribution in [0.15, 0.2) is 35.3 Å². The molecule has 5 heteroatoms. The smallest absolute Gasteiger partial charge is 0.189 e.